The zero-order chi connectivity index (χ0) is 10.7. The smallest absolute Gasteiger partial charge is 0.149 e. The number of benzene rings is 1. The first kappa shape index (κ1) is 12.1. The maximum atomic E-state index is 9.12. The summed E-state index contributed by atoms with van der Waals surface area (Å²) >= 11 is 0. The van der Waals surface area contributed by atoms with Crippen molar-refractivity contribution in [1.82, 2.24) is 9.55 Å². The van der Waals surface area contributed by atoms with Gasteiger partial charge in [0.2, 0.25) is 0 Å². The first-order chi connectivity index (χ1) is 7.33. The molecule has 1 unspecified atom stereocenters. The number of nitrogens with zero attached hydrogens (tertiary/aromatic N) is 3. The van der Waals surface area contributed by atoms with Crippen molar-refractivity contribution in [1.29, 1.82) is 5.26 Å². The Morgan fingerprint density at radius 2 is 2.00 bits per heavy atom. The van der Waals surface area contributed by atoms with E-state index in [9.17, 15) is 0 Å². The van der Waals surface area contributed by atoms with Gasteiger partial charge in [0.15, 0.2) is 0 Å². The Labute approximate surface area is 99.7 Å². The van der Waals surface area contributed by atoms with Crippen molar-refractivity contribution in [2.45, 2.75) is 6.04 Å². The van der Waals surface area contributed by atoms with Gasteiger partial charge in [-0.25, -0.2) is 4.98 Å². The Hall–Kier alpha value is -1.99. The van der Waals surface area contributed by atoms with Crippen LogP contribution >= 0.6 is 12.4 Å². The van der Waals surface area contributed by atoms with Gasteiger partial charge >= 0.3 is 0 Å². The fourth-order valence-electron chi connectivity index (χ4n) is 1.46. The number of nitriles is 1. The van der Waals surface area contributed by atoms with E-state index in [2.05, 4.69) is 11.1 Å². The normalized spacial score (nSPS) is 11.2. The van der Waals surface area contributed by atoms with Gasteiger partial charge < -0.3 is 5.73 Å². The molecule has 0 saturated heterocycles. The van der Waals surface area contributed by atoms with Gasteiger partial charge in [-0.2, -0.15) is 5.26 Å². The molecule has 1 aromatic carbocycles. The lowest BCUT2D eigenvalue weighted by molar-refractivity contribution is 0.720. The minimum atomic E-state index is -0.409. The molecule has 0 radical (unpaired) electrons. The van der Waals surface area contributed by atoms with Crippen LogP contribution in [0.5, 0.6) is 0 Å². The molecule has 0 amide bonds. The number of hydrogen-bond donors (Lipinski definition) is 1. The monoisotopic (exact) mass is 234 g/mol. The average molecular weight is 235 g/mol. The molecule has 0 bridgehead atoms. The predicted molar refractivity (Wildman–Crippen MR) is 64.1 cm³/mol. The second-order valence-electron chi connectivity index (χ2n) is 3.17. The van der Waals surface area contributed by atoms with E-state index in [0.29, 0.717) is 5.82 Å². The van der Waals surface area contributed by atoms with Gasteiger partial charge in [0, 0.05) is 0 Å². The number of nitrogens with two attached hydrogens (primary N) is 1. The van der Waals surface area contributed by atoms with Crippen molar-refractivity contribution in [3.63, 3.8) is 0 Å². The Kier molecular flexibility index (Phi) is 3.92. The molecule has 1 atom stereocenters. The van der Waals surface area contributed by atoms with Crippen LogP contribution in [0, 0.1) is 11.3 Å². The van der Waals surface area contributed by atoms with Crippen LogP contribution in [-0.2, 0) is 0 Å². The van der Waals surface area contributed by atoms with Gasteiger partial charge in [-0.3, -0.25) is 4.57 Å². The van der Waals surface area contributed by atoms with Crippen molar-refractivity contribution >= 4 is 18.2 Å². The lowest BCUT2D eigenvalue weighted by atomic mass is 10.1. The minimum absolute atomic E-state index is 0. The molecule has 2 N–H and O–H groups in total. The highest BCUT2D eigenvalue weighted by molar-refractivity contribution is 5.85. The second kappa shape index (κ2) is 5.19. The van der Waals surface area contributed by atoms with Crippen LogP contribution in [0.15, 0.2) is 42.9 Å². The SMILES string of the molecule is Cl.N#CC(c1ccccc1)n1cncc1N. The van der Waals surface area contributed by atoms with Crippen LogP contribution in [0.25, 0.3) is 0 Å². The van der Waals surface area contributed by atoms with E-state index in [1.54, 1.807) is 10.9 Å². The van der Waals surface area contributed by atoms with E-state index >= 15 is 0 Å². The molecule has 16 heavy (non-hydrogen) atoms. The Morgan fingerprint density at radius 1 is 1.31 bits per heavy atom. The highest BCUT2D eigenvalue weighted by Crippen LogP contribution is 2.19. The number of imidazole rings is 1. The summed E-state index contributed by atoms with van der Waals surface area (Å²) < 4.78 is 1.65. The molecule has 2 aromatic rings. The predicted octanol–water partition coefficient (Wildman–Crippen LogP) is 2.00. The molecule has 0 spiro atoms. The van der Waals surface area contributed by atoms with Gasteiger partial charge in [-0.1, -0.05) is 30.3 Å². The fraction of sp³-hybridized carbons (Fsp3) is 0.0909. The van der Waals surface area contributed by atoms with Gasteiger partial charge in [-0.15, -0.1) is 12.4 Å². The van der Waals surface area contributed by atoms with Crippen molar-refractivity contribution in [2.24, 2.45) is 0 Å². The molecule has 0 aliphatic rings. The molecule has 82 valence electrons. The number of hydrogen-bond acceptors (Lipinski definition) is 3. The number of anilines is 1. The standard InChI is InChI=1S/C11H10N4.ClH/c12-6-10(9-4-2-1-3-5-9)15-8-14-7-11(15)13;/h1-5,7-8,10H,13H2;1H. The summed E-state index contributed by atoms with van der Waals surface area (Å²) in [5.41, 5.74) is 6.61. The van der Waals surface area contributed by atoms with Crippen molar-refractivity contribution in [3.05, 3.63) is 48.4 Å². The molecule has 0 aliphatic carbocycles. The minimum Gasteiger partial charge on any atom is -0.384 e. The summed E-state index contributed by atoms with van der Waals surface area (Å²) in [5, 5.41) is 9.12. The fourth-order valence-corrected chi connectivity index (χ4v) is 1.46. The summed E-state index contributed by atoms with van der Waals surface area (Å²) in [5.74, 6) is 0.491. The van der Waals surface area contributed by atoms with E-state index in [-0.39, 0.29) is 12.4 Å². The van der Waals surface area contributed by atoms with Gasteiger partial charge in [0.25, 0.3) is 0 Å². The largest absolute Gasteiger partial charge is 0.384 e. The Morgan fingerprint density at radius 3 is 2.50 bits per heavy atom. The molecule has 5 heteroatoms. The lowest BCUT2D eigenvalue weighted by Crippen LogP contribution is -2.09. The van der Waals surface area contributed by atoms with E-state index in [1.165, 1.54) is 6.20 Å². The summed E-state index contributed by atoms with van der Waals surface area (Å²) in [6.45, 7) is 0. The van der Waals surface area contributed by atoms with Crippen LogP contribution in [-0.4, -0.2) is 9.55 Å². The van der Waals surface area contributed by atoms with E-state index < -0.39 is 6.04 Å². The van der Waals surface area contributed by atoms with E-state index in [0.717, 1.165) is 5.56 Å². The molecule has 0 aliphatic heterocycles. The molecule has 1 aromatic heterocycles. The number of halogens is 1. The van der Waals surface area contributed by atoms with Crippen LogP contribution in [0.4, 0.5) is 5.82 Å². The highest BCUT2D eigenvalue weighted by atomic mass is 35.5. The van der Waals surface area contributed by atoms with Crippen molar-refractivity contribution < 1.29 is 0 Å². The van der Waals surface area contributed by atoms with E-state index in [4.69, 9.17) is 11.0 Å². The molecule has 1 heterocycles. The average Bonchev–Trinajstić information content (AvgIpc) is 2.68. The lowest BCUT2D eigenvalue weighted by Gasteiger charge is -2.12. The maximum absolute atomic E-state index is 9.12. The van der Waals surface area contributed by atoms with Crippen molar-refractivity contribution in [2.75, 3.05) is 5.73 Å². The summed E-state index contributed by atoms with van der Waals surface area (Å²) in [7, 11) is 0. The van der Waals surface area contributed by atoms with E-state index in [1.807, 2.05) is 30.3 Å². The van der Waals surface area contributed by atoms with Crippen LogP contribution < -0.4 is 5.73 Å². The molecule has 4 nitrogen and oxygen atoms in total. The quantitative estimate of drug-likeness (QED) is 0.864. The first-order valence-corrected chi connectivity index (χ1v) is 4.55. The maximum Gasteiger partial charge on any atom is 0.149 e. The number of rotatable bonds is 2. The molecular weight excluding hydrogens is 224 g/mol. The summed E-state index contributed by atoms with van der Waals surface area (Å²) in [4.78, 5) is 3.90. The number of aromatic nitrogens is 2. The van der Waals surface area contributed by atoms with Gasteiger partial charge in [0.05, 0.1) is 18.6 Å². The van der Waals surface area contributed by atoms with Gasteiger partial charge in [-0.05, 0) is 5.56 Å². The zero-order valence-corrected chi connectivity index (χ0v) is 9.26. The third kappa shape index (κ3) is 2.15. The Balaban J connectivity index is 0.00000128. The zero-order valence-electron chi connectivity index (χ0n) is 8.45. The topological polar surface area (TPSA) is 67.6 Å². The number of nitrogen functional groups attached to an aromatic ring is 1. The first-order valence-electron chi connectivity index (χ1n) is 4.55. The van der Waals surface area contributed by atoms with Crippen molar-refractivity contribution in [3.8, 4) is 6.07 Å². The molecule has 0 fully saturated rings. The van der Waals surface area contributed by atoms with Crippen LogP contribution in [0.3, 0.4) is 0 Å². The van der Waals surface area contributed by atoms with Crippen LogP contribution in [0.2, 0.25) is 0 Å². The third-order valence-corrected chi connectivity index (χ3v) is 2.21. The molecule has 0 saturated carbocycles. The van der Waals surface area contributed by atoms with Gasteiger partial charge in [0.1, 0.15) is 11.9 Å². The van der Waals surface area contributed by atoms with Crippen LogP contribution in [0.1, 0.15) is 11.6 Å². The Bertz CT molecular complexity index is 486. The third-order valence-electron chi connectivity index (χ3n) is 2.21. The second-order valence-corrected chi connectivity index (χ2v) is 3.17. The summed E-state index contributed by atoms with van der Waals surface area (Å²) in [6.07, 6.45) is 3.10. The molecule has 2 rings (SSSR count). The summed E-state index contributed by atoms with van der Waals surface area (Å²) in [6, 6.07) is 11.3. The molecular formula is C11H11ClN4. The highest BCUT2D eigenvalue weighted by Gasteiger charge is 2.13.